The highest BCUT2D eigenvalue weighted by Gasteiger charge is 2.38. The number of nitrogens with zero attached hydrogens (tertiary/aromatic N) is 1. The number of carbonyl (C=O) groups is 2. The Morgan fingerprint density at radius 3 is 2.79 bits per heavy atom. The Bertz CT molecular complexity index is 927. The van der Waals surface area contributed by atoms with Gasteiger partial charge in [0.25, 0.3) is 5.91 Å². The third-order valence-electron chi connectivity index (χ3n) is 6.69. The molecule has 1 saturated heterocycles. The molecule has 2 N–H and O–H groups in total. The lowest BCUT2D eigenvalue weighted by atomic mass is 9.85. The first-order chi connectivity index (χ1) is 14.2. The topological polar surface area (TPSA) is 61.4 Å². The fourth-order valence-corrected chi connectivity index (χ4v) is 5.19. The van der Waals surface area contributed by atoms with Gasteiger partial charge in [-0.15, -0.1) is 0 Å². The molecule has 3 unspecified atom stereocenters. The molecule has 2 fully saturated rings. The minimum absolute atomic E-state index is 0.00974. The van der Waals surface area contributed by atoms with Crippen LogP contribution in [-0.4, -0.2) is 30.4 Å². The van der Waals surface area contributed by atoms with Crippen LogP contribution in [-0.2, 0) is 11.2 Å². The summed E-state index contributed by atoms with van der Waals surface area (Å²) in [4.78, 5) is 27.7. The molecule has 2 aromatic rings. The van der Waals surface area contributed by atoms with Crippen molar-refractivity contribution in [3.05, 3.63) is 59.7 Å². The lowest BCUT2D eigenvalue weighted by Gasteiger charge is -2.24. The number of carbonyl (C=O) groups excluding carboxylic acids is 2. The number of hydrogen-bond donors (Lipinski definition) is 2. The molecule has 5 heteroatoms. The second kappa shape index (κ2) is 7.64. The summed E-state index contributed by atoms with van der Waals surface area (Å²) >= 11 is 0. The number of hydrogen-bond acceptors (Lipinski definition) is 3. The second-order valence-corrected chi connectivity index (χ2v) is 8.51. The van der Waals surface area contributed by atoms with Gasteiger partial charge in [0.2, 0.25) is 5.91 Å². The third-order valence-corrected chi connectivity index (χ3v) is 6.69. The number of para-hydroxylation sites is 1. The van der Waals surface area contributed by atoms with E-state index in [1.165, 1.54) is 31.2 Å². The van der Waals surface area contributed by atoms with Gasteiger partial charge in [0.15, 0.2) is 0 Å². The zero-order valence-corrected chi connectivity index (χ0v) is 16.6. The van der Waals surface area contributed by atoms with E-state index in [0.29, 0.717) is 29.8 Å². The van der Waals surface area contributed by atoms with Crippen molar-refractivity contribution in [2.45, 2.75) is 50.6 Å². The first-order valence-corrected chi connectivity index (χ1v) is 10.8. The molecule has 5 nitrogen and oxygen atoms in total. The largest absolute Gasteiger partial charge is 0.325 e. The SMILES string of the molecule is O=C(Nc1cccc(C(=O)N2CCc3ccccc32)c1)C1CC2CCCCC2N1. The molecule has 0 bridgehead atoms. The number of amides is 2. The highest BCUT2D eigenvalue weighted by Crippen LogP contribution is 2.33. The summed E-state index contributed by atoms with van der Waals surface area (Å²) in [5.41, 5.74) is 3.49. The van der Waals surface area contributed by atoms with Crippen molar-refractivity contribution >= 4 is 23.2 Å². The van der Waals surface area contributed by atoms with Gasteiger partial charge in [0.1, 0.15) is 0 Å². The average Bonchev–Trinajstić information content (AvgIpc) is 3.38. The maximum absolute atomic E-state index is 13.1. The predicted molar refractivity (Wildman–Crippen MR) is 114 cm³/mol. The Hall–Kier alpha value is -2.66. The predicted octanol–water partition coefficient (Wildman–Crippen LogP) is 3.75. The van der Waals surface area contributed by atoms with Crippen LogP contribution in [0.5, 0.6) is 0 Å². The number of fused-ring (bicyclic) bond motifs is 2. The second-order valence-electron chi connectivity index (χ2n) is 8.51. The van der Waals surface area contributed by atoms with E-state index in [9.17, 15) is 9.59 Å². The van der Waals surface area contributed by atoms with Crippen LogP contribution < -0.4 is 15.5 Å². The van der Waals surface area contributed by atoms with Gasteiger partial charge >= 0.3 is 0 Å². The van der Waals surface area contributed by atoms with Crippen molar-refractivity contribution in [1.82, 2.24) is 5.32 Å². The summed E-state index contributed by atoms with van der Waals surface area (Å²) in [7, 11) is 0. The molecule has 29 heavy (non-hydrogen) atoms. The molecule has 2 aromatic carbocycles. The van der Waals surface area contributed by atoms with Gasteiger partial charge in [-0.2, -0.15) is 0 Å². The normalized spacial score (nSPS) is 25.4. The molecule has 1 saturated carbocycles. The van der Waals surface area contributed by atoms with Crippen LogP contribution >= 0.6 is 0 Å². The molecule has 0 radical (unpaired) electrons. The van der Waals surface area contributed by atoms with E-state index in [-0.39, 0.29) is 17.9 Å². The lowest BCUT2D eigenvalue weighted by molar-refractivity contribution is -0.117. The number of benzene rings is 2. The quantitative estimate of drug-likeness (QED) is 0.841. The maximum atomic E-state index is 13.1. The minimum Gasteiger partial charge on any atom is -0.325 e. The van der Waals surface area contributed by atoms with Crippen LogP contribution in [0.15, 0.2) is 48.5 Å². The van der Waals surface area contributed by atoms with Gasteiger partial charge in [-0.3, -0.25) is 9.59 Å². The van der Waals surface area contributed by atoms with Crippen molar-refractivity contribution in [2.24, 2.45) is 5.92 Å². The van der Waals surface area contributed by atoms with Gasteiger partial charge in [0, 0.05) is 29.5 Å². The number of anilines is 2. The van der Waals surface area contributed by atoms with Crippen LogP contribution in [0.1, 0.15) is 48.0 Å². The Morgan fingerprint density at radius 1 is 1.03 bits per heavy atom. The first-order valence-electron chi connectivity index (χ1n) is 10.8. The smallest absolute Gasteiger partial charge is 0.258 e. The molecule has 0 aromatic heterocycles. The van der Waals surface area contributed by atoms with E-state index in [0.717, 1.165) is 18.5 Å². The summed E-state index contributed by atoms with van der Waals surface area (Å²) in [6.07, 6.45) is 6.74. The average molecular weight is 389 g/mol. The first kappa shape index (κ1) is 18.4. The van der Waals surface area contributed by atoms with Gasteiger partial charge in [-0.05, 0) is 61.4 Å². The Labute approximate surface area is 171 Å². The van der Waals surface area contributed by atoms with E-state index >= 15 is 0 Å². The van der Waals surface area contributed by atoms with Crippen LogP contribution in [0, 0.1) is 5.92 Å². The molecule has 0 spiro atoms. The van der Waals surface area contributed by atoms with Crippen LogP contribution in [0.4, 0.5) is 11.4 Å². The van der Waals surface area contributed by atoms with Gasteiger partial charge in [-0.25, -0.2) is 0 Å². The molecule has 1 aliphatic carbocycles. The summed E-state index contributed by atoms with van der Waals surface area (Å²) in [5.74, 6) is 0.620. The van der Waals surface area contributed by atoms with Gasteiger partial charge < -0.3 is 15.5 Å². The van der Waals surface area contributed by atoms with Crippen LogP contribution in [0.2, 0.25) is 0 Å². The van der Waals surface area contributed by atoms with Crippen LogP contribution in [0.3, 0.4) is 0 Å². The number of nitrogens with one attached hydrogen (secondary N) is 2. The summed E-state index contributed by atoms with van der Waals surface area (Å²) < 4.78 is 0. The molecule has 150 valence electrons. The molecule has 2 aliphatic heterocycles. The fourth-order valence-electron chi connectivity index (χ4n) is 5.19. The highest BCUT2D eigenvalue weighted by atomic mass is 16.2. The van der Waals surface area contributed by atoms with E-state index in [4.69, 9.17) is 0 Å². The van der Waals surface area contributed by atoms with Gasteiger partial charge in [-0.1, -0.05) is 37.1 Å². The third kappa shape index (κ3) is 3.55. The zero-order chi connectivity index (χ0) is 19.8. The monoisotopic (exact) mass is 389 g/mol. The molecule has 3 aliphatic rings. The Kier molecular flexibility index (Phi) is 4.84. The van der Waals surface area contributed by atoms with E-state index in [1.807, 2.05) is 41.3 Å². The molecule has 2 amide bonds. The summed E-state index contributed by atoms with van der Waals surface area (Å²) in [6.45, 7) is 0.698. The lowest BCUT2D eigenvalue weighted by Crippen LogP contribution is -2.39. The summed E-state index contributed by atoms with van der Waals surface area (Å²) in [5, 5.41) is 6.55. The standard InChI is InChI=1S/C24H27N3O2/c28-23(21-15-17-7-1-3-10-20(17)26-21)25-19-9-5-8-18(14-19)24(29)27-13-12-16-6-2-4-11-22(16)27/h2,4-6,8-9,11,14,17,20-21,26H,1,3,7,10,12-13,15H2,(H,25,28). The van der Waals surface area contributed by atoms with Crippen molar-refractivity contribution in [3.8, 4) is 0 Å². The zero-order valence-electron chi connectivity index (χ0n) is 16.6. The van der Waals surface area contributed by atoms with E-state index in [1.54, 1.807) is 6.07 Å². The van der Waals surface area contributed by atoms with Crippen LogP contribution in [0.25, 0.3) is 0 Å². The fraction of sp³-hybridized carbons (Fsp3) is 0.417. The van der Waals surface area contributed by atoms with Crippen molar-refractivity contribution in [3.63, 3.8) is 0 Å². The maximum Gasteiger partial charge on any atom is 0.258 e. The Morgan fingerprint density at radius 2 is 1.90 bits per heavy atom. The highest BCUT2D eigenvalue weighted by molar-refractivity contribution is 6.08. The molecule has 5 rings (SSSR count). The summed E-state index contributed by atoms with van der Waals surface area (Å²) in [6, 6.07) is 15.7. The van der Waals surface area contributed by atoms with Crippen molar-refractivity contribution < 1.29 is 9.59 Å². The Balaban J connectivity index is 1.28. The van der Waals surface area contributed by atoms with Crippen molar-refractivity contribution in [2.75, 3.05) is 16.8 Å². The minimum atomic E-state index is -0.132. The van der Waals surface area contributed by atoms with Gasteiger partial charge in [0.05, 0.1) is 6.04 Å². The number of rotatable bonds is 3. The van der Waals surface area contributed by atoms with E-state index < -0.39 is 0 Å². The molecule has 3 atom stereocenters. The van der Waals surface area contributed by atoms with E-state index in [2.05, 4.69) is 16.7 Å². The van der Waals surface area contributed by atoms with Crippen molar-refractivity contribution in [1.29, 1.82) is 0 Å². The molecular formula is C24H27N3O2. The molecule has 2 heterocycles. The molecular weight excluding hydrogens is 362 g/mol.